The summed E-state index contributed by atoms with van der Waals surface area (Å²) in [7, 11) is 1.61. The zero-order valence-electron chi connectivity index (χ0n) is 21.6. The van der Waals surface area contributed by atoms with Crippen LogP contribution in [0, 0.1) is 0 Å². The van der Waals surface area contributed by atoms with Gasteiger partial charge < -0.3 is 14.8 Å². The van der Waals surface area contributed by atoms with Crippen molar-refractivity contribution in [1.82, 2.24) is 4.90 Å². The van der Waals surface area contributed by atoms with Gasteiger partial charge in [-0.15, -0.1) is 0 Å². The van der Waals surface area contributed by atoms with Crippen LogP contribution < -0.4 is 10.1 Å². The number of amides is 2. The highest BCUT2D eigenvalue weighted by molar-refractivity contribution is 9.10. The van der Waals surface area contributed by atoms with Gasteiger partial charge >= 0.3 is 5.97 Å². The van der Waals surface area contributed by atoms with E-state index < -0.39 is 11.2 Å². The molecule has 202 valence electrons. The highest BCUT2D eigenvalue weighted by atomic mass is 79.9. The molecular weight excluding hydrogens is 582 g/mol. The second-order valence-corrected chi connectivity index (χ2v) is 10.7. The Morgan fingerprint density at radius 1 is 1.10 bits per heavy atom. The molecule has 1 aliphatic rings. The molecule has 1 fully saturated rings. The number of thioether (sulfide) groups is 1. The molecule has 0 aliphatic carbocycles. The minimum absolute atomic E-state index is 0.0495. The Hall–Kier alpha value is -3.63. The van der Waals surface area contributed by atoms with Gasteiger partial charge in [0, 0.05) is 23.1 Å². The number of halogens is 1. The Bertz CT molecular complexity index is 1360. The summed E-state index contributed by atoms with van der Waals surface area (Å²) in [5.41, 5.74) is 2.65. The number of ether oxygens (including phenoxy) is 2. The third-order valence-corrected chi connectivity index (χ3v) is 7.59. The predicted molar refractivity (Wildman–Crippen MR) is 157 cm³/mol. The number of carbonyl (C=O) groups excluding carboxylic acids is 3. The van der Waals surface area contributed by atoms with Gasteiger partial charge in [-0.2, -0.15) is 0 Å². The summed E-state index contributed by atoms with van der Waals surface area (Å²) in [5, 5.41) is 2.68. The number of benzene rings is 3. The van der Waals surface area contributed by atoms with Crippen molar-refractivity contribution >= 4 is 62.0 Å². The molecule has 1 N–H and O–H groups in total. The van der Waals surface area contributed by atoms with Gasteiger partial charge in [0.25, 0.3) is 0 Å². The molecule has 39 heavy (non-hydrogen) atoms. The van der Waals surface area contributed by atoms with Crippen molar-refractivity contribution in [3.63, 3.8) is 0 Å². The molecule has 0 aromatic heterocycles. The van der Waals surface area contributed by atoms with Crippen molar-refractivity contribution in [3.05, 3.63) is 88.4 Å². The van der Waals surface area contributed by atoms with Crippen LogP contribution in [0.4, 0.5) is 11.4 Å². The molecule has 2 amide bonds. The normalized spacial score (nSPS) is 16.2. The Balaban J connectivity index is 1.55. The summed E-state index contributed by atoms with van der Waals surface area (Å²) in [6.45, 7) is 2.44. The number of methoxy groups -OCH3 is 1. The maximum absolute atomic E-state index is 13.3. The van der Waals surface area contributed by atoms with E-state index in [0.29, 0.717) is 35.1 Å². The number of carbonyl (C=O) groups is 3. The topological polar surface area (TPSA) is 97.3 Å². The van der Waals surface area contributed by atoms with Crippen LogP contribution in [-0.4, -0.2) is 53.4 Å². The second-order valence-electron chi connectivity index (χ2n) is 8.62. The van der Waals surface area contributed by atoms with E-state index in [9.17, 15) is 14.4 Å². The van der Waals surface area contributed by atoms with E-state index in [-0.39, 0.29) is 24.8 Å². The van der Waals surface area contributed by atoms with E-state index in [1.54, 1.807) is 55.3 Å². The lowest BCUT2D eigenvalue weighted by molar-refractivity contribution is -0.129. The fraction of sp³-hybridized carbons (Fsp3) is 0.241. The zero-order valence-corrected chi connectivity index (χ0v) is 24.0. The number of amidine groups is 1. The highest BCUT2D eigenvalue weighted by Crippen LogP contribution is 2.30. The first-order valence-corrected chi connectivity index (χ1v) is 14.1. The number of aliphatic imine (C=N–C) groups is 1. The average molecular weight is 611 g/mol. The maximum atomic E-state index is 13.3. The molecule has 8 nitrogen and oxygen atoms in total. The van der Waals surface area contributed by atoms with Gasteiger partial charge in [-0.1, -0.05) is 45.9 Å². The Labute approximate surface area is 239 Å². The van der Waals surface area contributed by atoms with Gasteiger partial charge in [0.2, 0.25) is 11.8 Å². The minimum Gasteiger partial charge on any atom is -0.497 e. The smallest absolute Gasteiger partial charge is 0.338 e. The quantitative estimate of drug-likeness (QED) is 0.306. The third-order valence-electron chi connectivity index (χ3n) is 5.91. The van der Waals surface area contributed by atoms with Gasteiger partial charge in [0.05, 0.1) is 25.0 Å². The number of anilines is 1. The predicted octanol–water partition coefficient (Wildman–Crippen LogP) is 5.84. The van der Waals surface area contributed by atoms with Gasteiger partial charge in [-0.05, 0) is 73.5 Å². The molecule has 0 spiro atoms. The summed E-state index contributed by atoms with van der Waals surface area (Å²) in [5.74, 6) is -0.106. The van der Waals surface area contributed by atoms with Gasteiger partial charge in [-0.3, -0.25) is 14.5 Å². The molecule has 4 rings (SSSR count). The largest absolute Gasteiger partial charge is 0.497 e. The van der Waals surface area contributed by atoms with E-state index in [1.165, 1.54) is 11.8 Å². The highest BCUT2D eigenvalue weighted by Gasteiger charge is 2.35. The lowest BCUT2D eigenvalue weighted by atomic mass is 10.1. The van der Waals surface area contributed by atoms with Crippen LogP contribution in [-0.2, 0) is 20.7 Å². The number of esters is 1. The van der Waals surface area contributed by atoms with Crippen LogP contribution in [0.1, 0.15) is 29.3 Å². The van der Waals surface area contributed by atoms with Crippen LogP contribution in [0.5, 0.6) is 5.75 Å². The van der Waals surface area contributed by atoms with Gasteiger partial charge in [0.15, 0.2) is 5.17 Å². The molecule has 0 radical (unpaired) electrons. The van der Waals surface area contributed by atoms with Gasteiger partial charge in [0.1, 0.15) is 11.0 Å². The first-order chi connectivity index (χ1) is 18.9. The molecule has 1 saturated heterocycles. The maximum Gasteiger partial charge on any atom is 0.338 e. The fourth-order valence-corrected chi connectivity index (χ4v) is 5.40. The zero-order chi connectivity index (χ0) is 27.8. The monoisotopic (exact) mass is 609 g/mol. The van der Waals surface area contributed by atoms with E-state index in [2.05, 4.69) is 21.2 Å². The van der Waals surface area contributed by atoms with Crippen molar-refractivity contribution in [2.24, 2.45) is 4.99 Å². The Morgan fingerprint density at radius 2 is 1.85 bits per heavy atom. The minimum atomic E-state index is -0.647. The molecular formula is C29H28BrN3O5S. The second kappa shape index (κ2) is 13.4. The molecule has 1 heterocycles. The van der Waals surface area contributed by atoms with Crippen molar-refractivity contribution < 1.29 is 23.9 Å². The van der Waals surface area contributed by atoms with Crippen molar-refractivity contribution in [2.45, 2.75) is 25.0 Å². The first-order valence-electron chi connectivity index (χ1n) is 12.4. The number of nitrogens with zero attached hydrogens (tertiary/aromatic N) is 2. The van der Waals surface area contributed by atoms with E-state index in [4.69, 9.17) is 14.5 Å². The summed E-state index contributed by atoms with van der Waals surface area (Å²) < 4.78 is 11.1. The van der Waals surface area contributed by atoms with Crippen molar-refractivity contribution in [2.75, 3.05) is 25.6 Å². The molecule has 1 unspecified atom stereocenters. The lowest BCUT2D eigenvalue weighted by Crippen LogP contribution is -2.46. The first kappa shape index (κ1) is 28.4. The Morgan fingerprint density at radius 3 is 2.51 bits per heavy atom. The van der Waals surface area contributed by atoms with Gasteiger partial charge in [-0.25, -0.2) is 9.79 Å². The van der Waals surface area contributed by atoms with Crippen LogP contribution in [0.15, 0.2) is 82.3 Å². The summed E-state index contributed by atoms with van der Waals surface area (Å²) >= 11 is 4.66. The van der Waals surface area contributed by atoms with E-state index in [0.717, 1.165) is 15.8 Å². The molecule has 1 atom stereocenters. The molecule has 10 heteroatoms. The number of rotatable bonds is 9. The molecule has 0 saturated carbocycles. The van der Waals surface area contributed by atoms with Crippen LogP contribution in [0.3, 0.4) is 0 Å². The average Bonchev–Trinajstić information content (AvgIpc) is 2.93. The number of nitrogens with one attached hydrogen (secondary N) is 1. The standard InChI is InChI=1S/C29H28BrN3O5S/c1-3-38-28(36)20-9-11-22(12-10-20)32-29-33(16-15-19-7-13-24(37-2)14-8-19)26(34)18-25(39-29)27(35)31-23-6-4-5-21(30)17-23/h4-14,17,25H,3,15-16,18H2,1-2H3,(H,31,35). The summed E-state index contributed by atoms with van der Waals surface area (Å²) in [6.07, 6.45) is 0.653. The number of hydrogen-bond acceptors (Lipinski definition) is 7. The van der Waals surface area contributed by atoms with Crippen molar-refractivity contribution in [3.8, 4) is 5.75 Å². The third kappa shape index (κ3) is 7.70. The molecule has 3 aromatic rings. The van der Waals surface area contributed by atoms with Crippen LogP contribution in [0.2, 0.25) is 0 Å². The molecule has 0 bridgehead atoms. The van der Waals surface area contributed by atoms with Crippen LogP contribution in [0.25, 0.3) is 0 Å². The summed E-state index contributed by atoms with van der Waals surface area (Å²) in [4.78, 5) is 44.8. The molecule has 1 aliphatic heterocycles. The van der Waals surface area contributed by atoms with Crippen LogP contribution >= 0.6 is 27.7 Å². The van der Waals surface area contributed by atoms with Crippen molar-refractivity contribution in [1.29, 1.82) is 0 Å². The lowest BCUT2D eigenvalue weighted by Gasteiger charge is -2.32. The Kier molecular flexibility index (Phi) is 9.78. The fourth-order valence-electron chi connectivity index (χ4n) is 3.88. The number of hydrogen-bond donors (Lipinski definition) is 1. The summed E-state index contributed by atoms with van der Waals surface area (Å²) in [6, 6.07) is 21.6. The SMILES string of the molecule is CCOC(=O)c1ccc(N=C2SC(C(=O)Nc3cccc(Br)c3)CC(=O)N2CCc2ccc(OC)cc2)cc1. The van der Waals surface area contributed by atoms with E-state index >= 15 is 0 Å². The molecule has 3 aromatic carbocycles. The van der Waals surface area contributed by atoms with E-state index in [1.807, 2.05) is 36.4 Å².